The van der Waals surface area contributed by atoms with E-state index in [-0.39, 0.29) is 0 Å². The van der Waals surface area contributed by atoms with E-state index in [0.717, 1.165) is 6.42 Å². The lowest BCUT2D eigenvalue weighted by molar-refractivity contribution is 0.328. The van der Waals surface area contributed by atoms with E-state index in [1.54, 1.807) is 0 Å². The van der Waals surface area contributed by atoms with Gasteiger partial charge in [-0.25, -0.2) is 0 Å². The van der Waals surface area contributed by atoms with E-state index in [0.29, 0.717) is 6.04 Å². The Bertz CT molecular complexity index is 502. The van der Waals surface area contributed by atoms with Crippen molar-refractivity contribution in [1.29, 1.82) is 0 Å². The highest BCUT2D eigenvalue weighted by Crippen LogP contribution is 2.15. The molecule has 99 valence electrons. The molecule has 0 aliphatic rings. The molecule has 1 heteroatoms. The number of hydrogen-bond acceptors (Lipinski definition) is 1. The van der Waals surface area contributed by atoms with Crippen LogP contribution in [0.25, 0.3) is 0 Å². The Morgan fingerprint density at radius 1 is 1.00 bits per heavy atom. The first-order chi connectivity index (χ1) is 9.15. The third kappa shape index (κ3) is 4.22. The van der Waals surface area contributed by atoms with E-state index in [4.69, 9.17) is 0 Å². The number of aryl methyl sites for hydroxylation is 1. The van der Waals surface area contributed by atoms with Gasteiger partial charge in [0.1, 0.15) is 0 Å². The Balaban J connectivity index is 2.08. The number of likely N-dealkylation sites (N-methyl/N-ethyl adjacent to an activating group) is 1. The average molecular weight is 252 g/mol. The van der Waals surface area contributed by atoms with Crippen molar-refractivity contribution in [1.82, 2.24) is 4.90 Å². The van der Waals surface area contributed by atoms with Crippen LogP contribution < -0.4 is 0 Å². The van der Waals surface area contributed by atoms with E-state index in [1.165, 1.54) is 16.7 Å². The van der Waals surface area contributed by atoms with Crippen LogP contribution in [0.1, 0.15) is 16.7 Å². The standard InChI is InChI=1S/C18H22N/c1-15-8-7-11-17(12-15)14-18(19(2)3)13-16-9-5-4-6-10-16/h4-12,14,18H,13H2,1-3H3. The van der Waals surface area contributed by atoms with Crippen LogP contribution in [0.2, 0.25) is 0 Å². The molecule has 0 amide bonds. The molecule has 2 rings (SSSR count). The van der Waals surface area contributed by atoms with Crippen LogP contribution in [-0.4, -0.2) is 25.0 Å². The predicted molar refractivity (Wildman–Crippen MR) is 82.2 cm³/mol. The fourth-order valence-electron chi connectivity index (χ4n) is 2.24. The second-order valence-corrected chi connectivity index (χ2v) is 5.30. The summed E-state index contributed by atoms with van der Waals surface area (Å²) in [6.07, 6.45) is 3.39. The van der Waals surface area contributed by atoms with Gasteiger partial charge in [0.2, 0.25) is 0 Å². The number of benzene rings is 2. The van der Waals surface area contributed by atoms with Crippen molar-refractivity contribution in [3.8, 4) is 0 Å². The maximum absolute atomic E-state index is 2.35. The molecule has 0 saturated heterocycles. The fraction of sp³-hybridized carbons (Fsp3) is 0.278. The summed E-state index contributed by atoms with van der Waals surface area (Å²) in [5.41, 5.74) is 3.99. The van der Waals surface area contributed by atoms with Gasteiger partial charge in [0.15, 0.2) is 0 Å². The zero-order chi connectivity index (χ0) is 13.7. The lowest BCUT2D eigenvalue weighted by atomic mass is 9.97. The molecule has 1 atom stereocenters. The summed E-state index contributed by atoms with van der Waals surface area (Å²) < 4.78 is 0. The van der Waals surface area contributed by atoms with E-state index < -0.39 is 0 Å². The smallest absolute Gasteiger partial charge is 0.0205 e. The van der Waals surface area contributed by atoms with Crippen molar-refractivity contribution in [2.45, 2.75) is 19.4 Å². The van der Waals surface area contributed by atoms with Gasteiger partial charge < -0.3 is 4.90 Å². The number of rotatable bonds is 5. The monoisotopic (exact) mass is 252 g/mol. The van der Waals surface area contributed by atoms with Gasteiger partial charge in [-0.2, -0.15) is 0 Å². The largest absolute Gasteiger partial charge is 0.305 e. The fourth-order valence-corrected chi connectivity index (χ4v) is 2.24. The zero-order valence-electron chi connectivity index (χ0n) is 12.0. The molecule has 0 spiro atoms. The van der Waals surface area contributed by atoms with Crippen LogP contribution in [0.3, 0.4) is 0 Å². The minimum absolute atomic E-state index is 0.421. The molecule has 19 heavy (non-hydrogen) atoms. The minimum Gasteiger partial charge on any atom is -0.305 e. The third-order valence-electron chi connectivity index (χ3n) is 3.38. The second kappa shape index (κ2) is 6.53. The van der Waals surface area contributed by atoms with Crippen molar-refractivity contribution in [3.63, 3.8) is 0 Å². The van der Waals surface area contributed by atoms with Gasteiger partial charge in [-0.15, -0.1) is 0 Å². The van der Waals surface area contributed by atoms with Crippen molar-refractivity contribution >= 4 is 0 Å². The second-order valence-electron chi connectivity index (χ2n) is 5.30. The predicted octanol–water partition coefficient (Wildman–Crippen LogP) is 3.72. The third-order valence-corrected chi connectivity index (χ3v) is 3.38. The molecule has 1 unspecified atom stereocenters. The van der Waals surface area contributed by atoms with Crippen LogP contribution in [0.4, 0.5) is 0 Å². The van der Waals surface area contributed by atoms with Crippen LogP contribution >= 0.6 is 0 Å². The molecule has 1 radical (unpaired) electrons. The first-order valence-corrected chi connectivity index (χ1v) is 6.77. The highest BCUT2D eigenvalue weighted by molar-refractivity contribution is 5.30. The highest BCUT2D eigenvalue weighted by atomic mass is 15.1. The highest BCUT2D eigenvalue weighted by Gasteiger charge is 2.13. The summed E-state index contributed by atoms with van der Waals surface area (Å²) in [6.45, 7) is 2.14. The van der Waals surface area contributed by atoms with Crippen molar-refractivity contribution in [2.24, 2.45) is 0 Å². The molecule has 0 heterocycles. The summed E-state index contributed by atoms with van der Waals surface area (Å²) in [5, 5.41) is 0. The van der Waals surface area contributed by atoms with E-state index in [1.807, 2.05) is 0 Å². The normalized spacial score (nSPS) is 12.6. The summed E-state index contributed by atoms with van der Waals surface area (Å²) in [6, 6.07) is 19.8. The Morgan fingerprint density at radius 3 is 2.37 bits per heavy atom. The van der Waals surface area contributed by atoms with Gasteiger partial charge in [0.25, 0.3) is 0 Å². The van der Waals surface area contributed by atoms with Crippen molar-refractivity contribution in [3.05, 3.63) is 77.7 Å². The maximum Gasteiger partial charge on any atom is 0.0205 e. The molecule has 0 aliphatic carbocycles. The zero-order valence-corrected chi connectivity index (χ0v) is 12.0. The van der Waals surface area contributed by atoms with Crippen LogP contribution in [0.5, 0.6) is 0 Å². The van der Waals surface area contributed by atoms with Crippen molar-refractivity contribution in [2.75, 3.05) is 14.1 Å². The maximum atomic E-state index is 2.35. The van der Waals surface area contributed by atoms with Crippen molar-refractivity contribution < 1.29 is 0 Å². The minimum atomic E-state index is 0.421. The Morgan fingerprint density at radius 2 is 1.74 bits per heavy atom. The van der Waals surface area contributed by atoms with Gasteiger partial charge in [0.05, 0.1) is 0 Å². The lowest BCUT2D eigenvalue weighted by Crippen LogP contribution is -2.30. The summed E-state index contributed by atoms with van der Waals surface area (Å²) >= 11 is 0. The Hall–Kier alpha value is -1.60. The number of hydrogen-bond donors (Lipinski definition) is 0. The molecule has 1 nitrogen and oxygen atoms in total. The first-order valence-electron chi connectivity index (χ1n) is 6.77. The molecule has 0 N–H and O–H groups in total. The number of nitrogens with zero attached hydrogens (tertiary/aromatic N) is 1. The average Bonchev–Trinajstić information content (AvgIpc) is 2.39. The first kappa shape index (κ1) is 13.8. The molecule has 0 bridgehead atoms. The molecule has 0 saturated carbocycles. The Labute approximate surface area is 116 Å². The van der Waals surface area contributed by atoms with E-state index >= 15 is 0 Å². The summed E-state index contributed by atoms with van der Waals surface area (Å²) in [4.78, 5) is 2.27. The lowest BCUT2D eigenvalue weighted by Gasteiger charge is -2.24. The molecular formula is C18H22N. The van der Waals surface area contributed by atoms with Gasteiger partial charge in [-0.1, -0.05) is 60.2 Å². The Kier molecular flexibility index (Phi) is 4.75. The molecule has 0 aliphatic heterocycles. The van der Waals surface area contributed by atoms with Gasteiger partial charge >= 0.3 is 0 Å². The topological polar surface area (TPSA) is 3.24 Å². The van der Waals surface area contributed by atoms with Crippen LogP contribution in [0, 0.1) is 13.3 Å². The quantitative estimate of drug-likeness (QED) is 0.784. The summed E-state index contributed by atoms with van der Waals surface area (Å²) in [7, 11) is 4.28. The van der Waals surface area contributed by atoms with E-state index in [9.17, 15) is 0 Å². The van der Waals surface area contributed by atoms with Gasteiger partial charge in [-0.05, 0) is 38.6 Å². The SMILES string of the molecule is Cc1cccc([CH]C(Cc2ccccc2)N(C)C)c1. The van der Waals surface area contributed by atoms with Crippen LogP contribution in [0.15, 0.2) is 54.6 Å². The molecule has 0 fully saturated rings. The molecule has 0 aromatic heterocycles. The van der Waals surface area contributed by atoms with Crippen LogP contribution in [-0.2, 0) is 6.42 Å². The molecule has 2 aromatic rings. The summed E-state index contributed by atoms with van der Waals surface area (Å²) in [5.74, 6) is 0. The molecular weight excluding hydrogens is 230 g/mol. The van der Waals surface area contributed by atoms with Gasteiger partial charge in [0, 0.05) is 12.5 Å². The molecule has 2 aromatic carbocycles. The van der Waals surface area contributed by atoms with Gasteiger partial charge in [-0.3, -0.25) is 0 Å². The van der Waals surface area contributed by atoms with E-state index in [2.05, 4.69) is 86.9 Å².